The molecule has 3 rings (SSSR count). The summed E-state index contributed by atoms with van der Waals surface area (Å²) in [7, 11) is 0. The molecule has 0 aliphatic rings. The van der Waals surface area contributed by atoms with Gasteiger partial charge in [-0.1, -0.05) is 23.7 Å². The van der Waals surface area contributed by atoms with Gasteiger partial charge in [-0.15, -0.1) is 11.6 Å². The normalized spacial score (nSPS) is 12.8. The monoisotopic (exact) mass is 383 g/mol. The average Bonchev–Trinajstić information content (AvgIpc) is 2.77. The number of hydrogen-bond donors (Lipinski definition) is 0. The fourth-order valence-corrected chi connectivity index (χ4v) is 2.98. The van der Waals surface area contributed by atoms with Gasteiger partial charge in [0.1, 0.15) is 11.3 Å². The first kappa shape index (κ1) is 14.8. The Bertz CT molecular complexity index is 799. The molecule has 1 atom stereocenters. The van der Waals surface area contributed by atoms with Crippen LogP contribution in [0.15, 0.2) is 41.0 Å². The lowest BCUT2D eigenvalue weighted by molar-refractivity contribution is 0.736. The Labute approximate surface area is 141 Å². The van der Waals surface area contributed by atoms with Crippen molar-refractivity contribution in [2.75, 3.05) is 0 Å². The van der Waals surface area contributed by atoms with Gasteiger partial charge >= 0.3 is 0 Å². The molecule has 2 aromatic heterocycles. The lowest BCUT2D eigenvalue weighted by atomic mass is 10.2. The number of nitrogens with zero attached hydrogens (tertiary/aromatic N) is 3. The maximum absolute atomic E-state index is 6.27. The van der Waals surface area contributed by atoms with E-state index in [4.69, 9.17) is 23.2 Å². The fraction of sp³-hybridized carbons (Fsp3) is 0.200. The number of hydrogen-bond acceptors (Lipinski definition) is 2. The predicted octanol–water partition coefficient (Wildman–Crippen LogP) is 5.20. The van der Waals surface area contributed by atoms with Crippen LogP contribution in [0, 0.1) is 0 Å². The van der Waals surface area contributed by atoms with Gasteiger partial charge in [0.25, 0.3) is 0 Å². The van der Waals surface area contributed by atoms with E-state index >= 15 is 0 Å². The van der Waals surface area contributed by atoms with E-state index in [1.807, 2.05) is 41.8 Å². The Morgan fingerprint density at radius 2 is 2.14 bits per heavy atom. The van der Waals surface area contributed by atoms with Crippen LogP contribution in [0.1, 0.15) is 23.7 Å². The van der Waals surface area contributed by atoms with E-state index in [0.29, 0.717) is 11.6 Å². The van der Waals surface area contributed by atoms with Crippen molar-refractivity contribution in [3.05, 3.63) is 57.4 Å². The van der Waals surface area contributed by atoms with Gasteiger partial charge < -0.3 is 4.57 Å². The molecule has 0 spiro atoms. The highest BCUT2D eigenvalue weighted by Gasteiger charge is 2.16. The molecule has 0 bridgehead atoms. The topological polar surface area (TPSA) is 30.7 Å². The first-order chi connectivity index (χ1) is 10.0. The van der Waals surface area contributed by atoms with Crippen LogP contribution < -0.4 is 0 Å². The summed E-state index contributed by atoms with van der Waals surface area (Å²) in [5, 5.41) is 0.519. The molecule has 1 unspecified atom stereocenters. The summed E-state index contributed by atoms with van der Waals surface area (Å²) in [4.78, 5) is 9.06. The van der Waals surface area contributed by atoms with Crippen LogP contribution in [0.5, 0.6) is 0 Å². The van der Waals surface area contributed by atoms with Crippen molar-refractivity contribution in [1.82, 2.24) is 14.5 Å². The summed E-state index contributed by atoms with van der Waals surface area (Å²) >= 11 is 15.7. The van der Waals surface area contributed by atoms with Crippen molar-refractivity contribution < 1.29 is 0 Å². The lowest BCUT2D eigenvalue weighted by Gasteiger charge is -2.10. The molecule has 3 aromatic rings. The minimum atomic E-state index is -0.197. The molecule has 0 N–H and O–H groups in total. The smallest absolute Gasteiger partial charge is 0.160 e. The Morgan fingerprint density at radius 1 is 1.33 bits per heavy atom. The second kappa shape index (κ2) is 5.95. The molecule has 21 heavy (non-hydrogen) atoms. The number of fused-ring (bicyclic) bond motifs is 1. The number of halogens is 3. The van der Waals surface area contributed by atoms with Gasteiger partial charge in [0, 0.05) is 15.7 Å². The number of pyridine rings is 1. The van der Waals surface area contributed by atoms with E-state index in [1.165, 1.54) is 0 Å². The predicted molar refractivity (Wildman–Crippen MR) is 90.0 cm³/mol. The molecule has 3 nitrogen and oxygen atoms in total. The Kier molecular flexibility index (Phi) is 4.20. The summed E-state index contributed by atoms with van der Waals surface area (Å²) in [5.41, 5.74) is 2.74. The number of rotatable bonds is 3. The first-order valence-electron chi connectivity index (χ1n) is 6.45. The first-order valence-corrected chi connectivity index (χ1v) is 8.05. The van der Waals surface area contributed by atoms with Crippen molar-refractivity contribution in [3.63, 3.8) is 0 Å². The SMILES string of the molecule is CC(Cl)c1nc2cc(Br)cnc2n1Cc1cccc(Cl)c1. The lowest BCUT2D eigenvalue weighted by Crippen LogP contribution is -2.06. The largest absolute Gasteiger partial charge is 0.307 e. The second-order valence-corrected chi connectivity index (χ2v) is 6.81. The molecular formula is C15H12BrCl2N3. The average molecular weight is 385 g/mol. The zero-order chi connectivity index (χ0) is 15.0. The Hall–Kier alpha value is -1.10. The standard InChI is InChI=1S/C15H12BrCl2N3/c1-9(17)14-20-13-6-11(16)7-19-15(13)21(14)8-10-3-2-4-12(18)5-10/h2-7,9H,8H2,1H3. The zero-order valence-corrected chi connectivity index (χ0v) is 14.3. The van der Waals surface area contributed by atoms with Crippen LogP contribution in [-0.2, 0) is 6.54 Å². The third-order valence-corrected chi connectivity index (χ3v) is 4.03. The molecule has 1 aromatic carbocycles. The number of alkyl halides is 1. The quantitative estimate of drug-likeness (QED) is 0.581. The fourth-order valence-electron chi connectivity index (χ4n) is 2.28. The van der Waals surface area contributed by atoms with Gasteiger partial charge in [-0.05, 0) is 46.6 Å². The molecule has 2 heterocycles. The number of imidazole rings is 1. The molecule has 108 valence electrons. The van der Waals surface area contributed by atoms with Crippen molar-refractivity contribution in [2.45, 2.75) is 18.8 Å². The van der Waals surface area contributed by atoms with Crippen LogP contribution in [0.2, 0.25) is 5.02 Å². The highest BCUT2D eigenvalue weighted by atomic mass is 79.9. The maximum Gasteiger partial charge on any atom is 0.160 e. The van der Waals surface area contributed by atoms with Gasteiger partial charge in [0.15, 0.2) is 5.65 Å². The molecule has 6 heteroatoms. The van der Waals surface area contributed by atoms with Crippen LogP contribution in [0.25, 0.3) is 11.2 Å². The van der Waals surface area contributed by atoms with Gasteiger partial charge in [-0.2, -0.15) is 0 Å². The van der Waals surface area contributed by atoms with Crippen LogP contribution in [0.4, 0.5) is 0 Å². The molecule has 0 aliphatic carbocycles. The van der Waals surface area contributed by atoms with E-state index in [2.05, 4.69) is 25.9 Å². The zero-order valence-electron chi connectivity index (χ0n) is 11.2. The molecule has 0 radical (unpaired) electrons. The minimum absolute atomic E-state index is 0.197. The summed E-state index contributed by atoms with van der Waals surface area (Å²) in [6, 6.07) is 9.70. The minimum Gasteiger partial charge on any atom is -0.307 e. The van der Waals surface area contributed by atoms with Crippen molar-refractivity contribution >= 4 is 50.3 Å². The molecule has 0 saturated carbocycles. The van der Waals surface area contributed by atoms with Gasteiger partial charge in [-0.25, -0.2) is 9.97 Å². The molecule has 0 aliphatic heterocycles. The van der Waals surface area contributed by atoms with Crippen LogP contribution >= 0.6 is 39.1 Å². The van der Waals surface area contributed by atoms with E-state index < -0.39 is 0 Å². The van der Waals surface area contributed by atoms with E-state index in [1.54, 1.807) is 6.20 Å². The maximum atomic E-state index is 6.27. The van der Waals surface area contributed by atoms with E-state index in [0.717, 1.165) is 27.0 Å². The molecular weight excluding hydrogens is 373 g/mol. The van der Waals surface area contributed by atoms with E-state index in [-0.39, 0.29) is 5.38 Å². The van der Waals surface area contributed by atoms with Crippen molar-refractivity contribution in [1.29, 1.82) is 0 Å². The van der Waals surface area contributed by atoms with E-state index in [9.17, 15) is 0 Å². The number of benzene rings is 1. The highest BCUT2D eigenvalue weighted by molar-refractivity contribution is 9.10. The van der Waals surface area contributed by atoms with Gasteiger partial charge in [0.2, 0.25) is 0 Å². The van der Waals surface area contributed by atoms with Gasteiger partial charge in [0.05, 0.1) is 11.9 Å². The third-order valence-electron chi connectivity index (χ3n) is 3.17. The van der Waals surface area contributed by atoms with Crippen LogP contribution in [-0.4, -0.2) is 14.5 Å². The molecule has 0 amide bonds. The summed E-state index contributed by atoms with van der Waals surface area (Å²) in [6.07, 6.45) is 1.77. The summed E-state index contributed by atoms with van der Waals surface area (Å²) in [6.45, 7) is 2.55. The molecule has 0 saturated heterocycles. The Balaban J connectivity index is 2.13. The highest BCUT2D eigenvalue weighted by Crippen LogP contribution is 2.26. The van der Waals surface area contributed by atoms with Gasteiger partial charge in [-0.3, -0.25) is 0 Å². The second-order valence-electron chi connectivity index (χ2n) is 4.80. The third kappa shape index (κ3) is 3.07. The summed E-state index contributed by atoms with van der Waals surface area (Å²) < 4.78 is 2.93. The van der Waals surface area contributed by atoms with Crippen molar-refractivity contribution in [2.24, 2.45) is 0 Å². The summed E-state index contributed by atoms with van der Waals surface area (Å²) in [5.74, 6) is 0.803. The number of aromatic nitrogens is 3. The van der Waals surface area contributed by atoms with Crippen LogP contribution in [0.3, 0.4) is 0 Å². The molecule has 0 fully saturated rings. The Morgan fingerprint density at radius 3 is 2.86 bits per heavy atom. The van der Waals surface area contributed by atoms with Crippen molar-refractivity contribution in [3.8, 4) is 0 Å².